The second kappa shape index (κ2) is 6.20. The monoisotopic (exact) mass is 328 g/mol. The van der Waals surface area contributed by atoms with E-state index in [1.54, 1.807) is 18.2 Å². The van der Waals surface area contributed by atoms with Gasteiger partial charge in [0.15, 0.2) is 9.90 Å². The van der Waals surface area contributed by atoms with Crippen molar-refractivity contribution in [2.24, 2.45) is 0 Å². The van der Waals surface area contributed by atoms with Crippen LogP contribution in [0, 0.1) is 0 Å². The Labute approximate surface area is 125 Å². The van der Waals surface area contributed by atoms with Crippen molar-refractivity contribution in [1.82, 2.24) is 9.71 Å². The van der Waals surface area contributed by atoms with Crippen LogP contribution in [-0.4, -0.2) is 31.6 Å². The van der Waals surface area contributed by atoms with Gasteiger partial charge in [0.05, 0.1) is 12.6 Å². The zero-order chi connectivity index (χ0) is 15.5. The highest BCUT2D eigenvalue weighted by atomic mass is 32.2. The molecule has 2 N–H and O–H groups in total. The highest BCUT2D eigenvalue weighted by Crippen LogP contribution is 2.22. The molecule has 21 heavy (non-hydrogen) atoms. The molecule has 112 valence electrons. The van der Waals surface area contributed by atoms with Crippen molar-refractivity contribution < 1.29 is 23.1 Å². The van der Waals surface area contributed by atoms with Crippen LogP contribution in [0.4, 0.5) is 0 Å². The summed E-state index contributed by atoms with van der Waals surface area (Å²) >= 11 is 0.815. The van der Waals surface area contributed by atoms with E-state index < -0.39 is 16.0 Å². The highest BCUT2D eigenvalue weighted by Gasteiger charge is 2.26. The molecule has 1 heterocycles. The third-order valence-corrected chi connectivity index (χ3v) is 5.37. The molecule has 0 radical (unpaired) electrons. The van der Waals surface area contributed by atoms with E-state index in [0.717, 1.165) is 18.4 Å². The van der Waals surface area contributed by atoms with Gasteiger partial charge in [0, 0.05) is 12.1 Å². The third kappa shape index (κ3) is 3.38. The average Bonchev–Trinajstić information content (AvgIpc) is 2.96. The number of hydrogen-bond donors (Lipinski definition) is 2. The number of carbonyl (C=O) groups excluding carboxylic acids is 1. The number of rotatable bonds is 5. The van der Waals surface area contributed by atoms with Crippen LogP contribution in [0.15, 0.2) is 34.0 Å². The first-order valence-electron chi connectivity index (χ1n) is 5.74. The molecular weight excluding hydrogens is 316 g/mol. The molecule has 0 fully saturated rings. The second-order valence-electron chi connectivity index (χ2n) is 3.93. The topological polar surface area (TPSA) is 106 Å². The minimum atomic E-state index is -3.92. The zero-order valence-electron chi connectivity index (χ0n) is 10.9. The molecule has 0 amide bonds. The van der Waals surface area contributed by atoms with Crippen molar-refractivity contribution in [1.29, 1.82) is 0 Å². The van der Waals surface area contributed by atoms with Gasteiger partial charge in [-0.05, 0) is 6.07 Å². The molecule has 0 spiro atoms. The number of phenolic OH excluding ortho intramolecular Hbond substituents is 1. The van der Waals surface area contributed by atoms with Crippen LogP contribution in [0.25, 0.3) is 0 Å². The smallest absolute Gasteiger partial charge is 0.358 e. The lowest BCUT2D eigenvalue weighted by atomic mass is 10.2. The first-order chi connectivity index (χ1) is 9.95. The number of nitrogens with zero attached hydrogens (tertiary/aromatic N) is 1. The molecule has 9 heteroatoms. The summed E-state index contributed by atoms with van der Waals surface area (Å²) in [5.41, 5.74) is 1.42. The Kier molecular flexibility index (Phi) is 4.56. The number of carbonyl (C=O) groups is 1. The number of phenols is 1. The maximum Gasteiger partial charge on any atom is 0.358 e. The number of benzene rings is 1. The molecule has 0 bridgehead atoms. The number of methoxy groups -OCH3 is 1. The van der Waals surface area contributed by atoms with Crippen LogP contribution in [0.5, 0.6) is 5.75 Å². The van der Waals surface area contributed by atoms with E-state index in [1.807, 2.05) is 0 Å². The van der Waals surface area contributed by atoms with Crippen LogP contribution in [0.3, 0.4) is 0 Å². The van der Waals surface area contributed by atoms with Crippen molar-refractivity contribution in [3.05, 3.63) is 41.0 Å². The van der Waals surface area contributed by atoms with Gasteiger partial charge in [-0.1, -0.05) is 18.2 Å². The number of para-hydroxylation sites is 1. The quantitative estimate of drug-likeness (QED) is 0.797. The second-order valence-corrected chi connectivity index (χ2v) is 6.75. The van der Waals surface area contributed by atoms with Gasteiger partial charge >= 0.3 is 5.97 Å². The standard InChI is InChI=1S/C12H12N2O5S2/c1-19-11(16)10-12(20-7-13-10)21(17,18)14-6-8-4-2-3-5-9(8)15/h2-5,7,14-15H,6H2,1H3. The summed E-state index contributed by atoms with van der Waals surface area (Å²) in [6.45, 7) is -0.104. The van der Waals surface area contributed by atoms with E-state index in [1.165, 1.54) is 11.6 Å². The first kappa shape index (κ1) is 15.4. The Morgan fingerprint density at radius 2 is 2.14 bits per heavy atom. The SMILES string of the molecule is COC(=O)c1ncsc1S(=O)(=O)NCc1ccccc1O. The van der Waals surface area contributed by atoms with Crippen molar-refractivity contribution in [2.75, 3.05) is 7.11 Å². The third-order valence-electron chi connectivity index (χ3n) is 2.60. The maximum atomic E-state index is 12.2. The van der Waals surface area contributed by atoms with E-state index in [0.29, 0.717) is 5.56 Å². The summed E-state index contributed by atoms with van der Waals surface area (Å²) in [6.07, 6.45) is 0. The van der Waals surface area contributed by atoms with Gasteiger partial charge in [-0.25, -0.2) is 22.9 Å². The molecule has 0 atom stereocenters. The molecule has 0 aliphatic heterocycles. The van der Waals surface area contributed by atoms with Gasteiger partial charge in [-0.2, -0.15) is 0 Å². The Balaban J connectivity index is 2.22. The van der Waals surface area contributed by atoms with Crippen molar-refractivity contribution in [2.45, 2.75) is 10.8 Å². The fourth-order valence-electron chi connectivity index (χ4n) is 1.56. The van der Waals surface area contributed by atoms with E-state index >= 15 is 0 Å². The molecule has 0 aliphatic carbocycles. The van der Waals surface area contributed by atoms with E-state index in [2.05, 4.69) is 14.4 Å². The van der Waals surface area contributed by atoms with Crippen LogP contribution < -0.4 is 4.72 Å². The minimum Gasteiger partial charge on any atom is -0.508 e. The fourth-order valence-corrected chi connectivity index (χ4v) is 3.74. The van der Waals surface area contributed by atoms with E-state index in [9.17, 15) is 18.3 Å². The van der Waals surface area contributed by atoms with Crippen molar-refractivity contribution >= 4 is 27.3 Å². The number of aromatic hydroxyl groups is 1. The predicted molar refractivity (Wildman–Crippen MR) is 75.6 cm³/mol. The summed E-state index contributed by atoms with van der Waals surface area (Å²) in [5, 5.41) is 9.60. The molecule has 2 aromatic rings. The maximum absolute atomic E-state index is 12.2. The molecule has 7 nitrogen and oxygen atoms in total. The molecule has 0 saturated carbocycles. The number of aromatic nitrogens is 1. The highest BCUT2D eigenvalue weighted by molar-refractivity contribution is 7.91. The molecule has 0 unspecified atom stereocenters. The number of nitrogens with one attached hydrogen (secondary N) is 1. The average molecular weight is 328 g/mol. The number of sulfonamides is 1. The largest absolute Gasteiger partial charge is 0.508 e. The molecule has 0 aliphatic rings. The van der Waals surface area contributed by atoms with Crippen LogP contribution in [0.1, 0.15) is 16.1 Å². The number of esters is 1. The molecule has 2 rings (SSSR count). The summed E-state index contributed by atoms with van der Waals surface area (Å²) in [5.74, 6) is -0.836. The van der Waals surface area contributed by atoms with Crippen LogP contribution >= 0.6 is 11.3 Å². The van der Waals surface area contributed by atoms with E-state index in [4.69, 9.17) is 0 Å². The molecule has 1 aromatic carbocycles. The first-order valence-corrected chi connectivity index (χ1v) is 8.10. The Morgan fingerprint density at radius 3 is 2.81 bits per heavy atom. The summed E-state index contributed by atoms with van der Waals surface area (Å²) < 4.78 is 31.0. The predicted octanol–water partition coefficient (Wildman–Crippen LogP) is 1.11. The summed E-state index contributed by atoms with van der Waals surface area (Å²) in [7, 11) is -2.78. The normalized spacial score (nSPS) is 11.3. The molecule has 1 aromatic heterocycles. The van der Waals surface area contributed by atoms with Crippen LogP contribution in [-0.2, 0) is 21.3 Å². The van der Waals surface area contributed by atoms with Crippen molar-refractivity contribution in [3.63, 3.8) is 0 Å². The molecule has 0 saturated heterocycles. The van der Waals surface area contributed by atoms with Gasteiger partial charge < -0.3 is 9.84 Å². The number of ether oxygens (including phenoxy) is 1. The summed E-state index contributed by atoms with van der Waals surface area (Å²) in [6, 6.07) is 6.35. The van der Waals surface area contributed by atoms with Crippen molar-refractivity contribution in [3.8, 4) is 5.75 Å². The van der Waals surface area contributed by atoms with Crippen LogP contribution in [0.2, 0.25) is 0 Å². The minimum absolute atomic E-state index is 0.0160. The number of hydrogen-bond acceptors (Lipinski definition) is 7. The summed E-state index contributed by atoms with van der Waals surface area (Å²) in [4.78, 5) is 15.2. The van der Waals surface area contributed by atoms with Gasteiger partial charge in [-0.3, -0.25) is 0 Å². The Bertz CT molecular complexity index is 755. The van der Waals surface area contributed by atoms with Gasteiger partial charge in [0.1, 0.15) is 5.75 Å². The molecular formula is C12H12N2O5S2. The van der Waals surface area contributed by atoms with E-state index in [-0.39, 0.29) is 22.2 Å². The zero-order valence-corrected chi connectivity index (χ0v) is 12.6. The number of thiazole rings is 1. The lowest BCUT2D eigenvalue weighted by Crippen LogP contribution is -2.24. The lowest BCUT2D eigenvalue weighted by molar-refractivity contribution is 0.0590. The Hall–Kier alpha value is -1.97. The van der Waals surface area contributed by atoms with Gasteiger partial charge in [0.2, 0.25) is 0 Å². The lowest BCUT2D eigenvalue weighted by Gasteiger charge is -2.07. The van der Waals surface area contributed by atoms with Gasteiger partial charge in [-0.15, -0.1) is 11.3 Å². The van der Waals surface area contributed by atoms with Gasteiger partial charge in [0.25, 0.3) is 10.0 Å². The fraction of sp³-hybridized carbons (Fsp3) is 0.167. The Morgan fingerprint density at radius 1 is 1.43 bits per heavy atom.